The molecule has 3 aliphatic rings. The number of rotatable bonds is 7. The molecule has 1 saturated heterocycles. The van der Waals surface area contributed by atoms with Crippen molar-refractivity contribution in [2.75, 3.05) is 45.8 Å². The fourth-order valence-corrected chi connectivity index (χ4v) is 5.82. The van der Waals surface area contributed by atoms with E-state index in [1.54, 1.807) is 25.1 Å². The number of carbonyl (C=O) groups excluding carboxylic acids is 3. The highest BCUT2D eigenvalue weighted by molar-refractivity contribution is 6.00. The standard InChI is InChI=1S/C29H36N4O4/c1-20(34)32-12-8-21(16-32)17-33-13-10-23-14-24(6-7-27(23)29(33)37)28(36)30-15-26(35)19-31-11-9-22-4-2-3-5-25(22)18-31/h2-7,14,21,26,35H,8-13,15-19H2,1H3,(H,30,36)/t21?,26-/m0/s1. The van der Waals surface area contributed by atoms with Crippen molar-refractivity contribution in [2.45, 2.75) is 38.8 Å². The summed E-state index contributed by atoms with van der Waals surface area (Å²) in [6, 6.07) is 13.6. The lowest BCUT2D eigenvalue weighted by atomic mass is 9.95. The van der Waals surface area contributed by atoms with Crippen LogP contribution in [0.1, 0.15) is 50.8 Å². The molecule has 3 amide bonds. The van der Waals surface area contributed by atoms with Crippen LogP contribution in [0.25, 0.3) is 0 Å². The third kappa shape index (κ3) is 5.86. The molecule has 2 N–H and O–H groups in total. The number of aliphatic hydroxyl groups excluding tert-OH is 1. The van der Waals surface area contributed by atoms with Crippen molar-refractivity contribution in [2.24, 2.45) is 5.92 Å². The van der Waals surface area contributed by atoms with Gasteiger partial charge in [-0.3, -0.25) is 19.3 Å². The van der Waals surface area contributed by atoms with Gasteiger partial charge in [-0.2, -0.15) is 0 Å². The number of nitrogens with zero attached hydrogens (tertiary/aromatic N) is 3. The van der Waals surface area contributed by atoms with E-state index in [0.717, 1.165) is 38.0 Å². The van der Waals surface area contributed by atoms with Gasteiger partial charge in [0.15, 0.2) is 0 Å². The third-order valence-electron chi connectivity index (χ3n) is 7.92. The van der Waals surface area contributed by atoms with Crippen LogP contribution >= 0.6 is 0 Å². The van der Waals surface area contributed by atoms with Crippen LogP contribution in [0.4, 0.5) is 0 Å². The molecule has 2 aromatic rings. The number of hydrogen-bond acceptors (Lipinski definition) is 5. The topological polar surface area (TPSA) is 93.2 Å². The average Bonchev–Trinajstić information content (AvgIpc) is 3.38. The van der Waals surface area contributed by atoms with E-state index in [-0.39, 0.29) is 24.3 Å². The molecule has 2 aromatic carbocycles. The summed E-state index contributed by atoms with van der Waals surface area (Å²) in [5.41, 5.74) is 4.71. The quantitative estimate of drug-likeness (QED) is 0.599. The second kappa shape index (κ2) is 11.0. The van der Waals surface area contributed by atoms with Crippen LogP contribution in [0.2, 0.25) is 0 Å². The molecule has 8 heteroatoms. The number of hydrogen-bond donors (Lipinski definition) is 2. The molecule has 5 rings (SSSR count). The van der Waals surface area contributed by atoms with E-state index >= 15 is 0 Å². The zero-order valence-corrected chi connectivity index (χ0v) is 21.5. The van der Waals surface area contributed by atoms with Gasteiger partial charge in [-0.1, -0.05) is 24.3 Å². The van der Waals surface area contributed by atoms with Crippen molar-refractivity contribution >= 4 is 17.7 Å². The van der Waals surface area contributed by atoms with Crippen molar-refractivity contribution in [1.29, 1.82) is 0 Å². The van der Waals surface area contributed by atoms with Crippen LogP contribution < -0.4 is 5.32 Å². The van der Waals surface area contributed by atoms with E-state index < -0.39 is 6.10 Å². The number of likely N-dealkylation sites (tertiary alicyclic amines) is 1. The summed E-state index contributed by atoms with van der Waals surface area (Å²) in [5, 5.41) is 13.4. The van der Waals surface area contributed by atoms with Gasteiger partial charge in [0.2, 0.25) is 5.91 Å². The number of amides is 3. The van der Waals surface area contributed by atoms with Crippen molar-refractivity contribution < 1.29 is 19.5 Å². The number of benzene rings is 2. The normalized spacial score (nSPS) is 20.4. The molecule has 8 nitrogen and oxygen atoms in total. The van der Waals surface area contributed by atoms with Gasteiger partial charge in [0.1, 0.15) is 0 Å². The molecule has 0 bridgehead atoms. The number of aliphatic hydroxyl groups is 1. The highest BCUT2D eigenvalue weighted by Gasteiger charge is 2.31. The van der Waals surface area contributed by atoms with Crippen LogP contribution in [0, 0.1) is 5.92 Å². The third-order valence-corrected chi connectivity index (χ3v) is 7.92. The Balaban J connectivity index is 1.11. The summed E-state index contributed by atoms with van der Waals surface area (Å²) >= 11 is 0. The van der Waals surface area contributed by atoms with E-state index in [1.807, 2.05) is 15.9 Å². The Labute approximate surface area is 218 Å². The number of fused-ring (bicyclic) bond motifs is 2. The van der Waals surface area contributed by atoms with Gasteiger partial charge in [0.25, 0.3) is 11.8 Å². The molecule has 3 heterocycles. The SMILES string of the molecule is CC(=O)N1CCC(CN2CCc3cc(C(=O)NC[C@H](O)CN4CCc5ccccc5C4)ccc3C2=O)C1. The molecule has 196 valence electrons. The first-order valence-electron chi connectivity index (χ1n) is 13.3. The summed E-state index contributed by atoms with van der Waals surface area (Å²) in [5.74, 6) is 0.156. The first-order chi connectivity index (χ1) is 17.9. The maximum Gasteiger partial charge on any atom is 0.254 e. The molecule has 1 fully saturated rings. The van der Waals surface area contributed by atoms with Gasteiger partial charge < -0.3 is 20.2 Å². The van der Waals surface area contributed by atoms with E-state index in [1.165, 1.54) is 11.1 Å². The lowest BCUT2D eigenvalue weighted by Crippen LogP contribution is -2.42. The monoisotopic (exact) mass is 504 g/mol. The van der Waals surface area contributed by atoms with E-state index in [2.05, 4.69) is 28.4 Å². The Morgan fingerprint density at radius 1 is 1.05 bits per heavy atom. The van der Waals surface area contributed by atoms with Crippen LogP contribution in [0.5, 0.6) is 0 Å². The van der Waals surface area contributed by atoms with Crippen molar-refractivity contribution in [3.8, 4) is 0 Å². The zero-order chi connectivity index (χ0) is 25.9. The number of β-amino-alcohol motifs (C(OH)–C–C–N with tert-alkyl or cyclic N) is 1. The first-order valence-corrected chi connectivity index (χ1v) is 13.3. The first kappa shape index (κ1) is 25.4. The minimum Gasteiger partial charge on any atom is -0.390 e. The Morgan fingerprint density at radius 2 is 1.84 bits per heavy atom. The maximum absolute atomic E-state index is 13.1. The maximum atomic E-state index is 13.1. The summed E-state index contributed by atoms with van der Waals surface area (Å²) in [6.45, 7) is 6.73. The van der Waals surface area contributed by atoms with Gasteiger partial charge in [-0.25, -0.2) is 0 Å². The van der Waals surface area contributed by atoms with Crippen LogP contribution in [-0.2, 0) is 24.2 Å². The number of nitrogens with one attached hydrogen (secondary N) is 1. The van der Waals surface area contributed by atoms with E-state index in [0.29, 0.717) is 49.6 Å². The molecule has 1 unspecified atom stereocenters. The van der Waals surface area contributed by atoms with Crippen molar-refractivity contribution in [3.63, 3.8) is 0 Å². The summed E-state index contributed by atoms with van der Waals surface area (Å²) in [4.78, 5) is 43.4. The fourth-order valence-electron chi connectivity index (χ4n) is 5.82. The molecule has 0 aromatic heterocycles. The molecule has 37 heavy (non-hydrogen) atoms. The Kier molecular flexibility index (Phi) is 7.58. The molecule has 0 radical (unpaired) electrons. The summed E-state index contributed by atoms with van der Waals surface area (Å²) < 4.78 is 0. The van der Waals surface area contributed by atoms with E-state index in [4.69, 9.17) is 0 Å². The van der Waals surface area contributed by atoms with Crippen molar-refractivity contribution in [3.05, 3.63) is 70.3 Å². The van der Waals surface area contributed by atoms with Gasteiger partial charge >= 0.3 is 0 Å². The van der Waals surface area contributed by atoms with Crippen molar-refractivity contribution in [1.82, 2.24) is 20.0 Å². The van der Waals surface area contributed by atoms with Gasteiger partial charge in [-0.15, -0.1) is 0 Å². The summed E-state index contributed by atoms with van der Waals surface area (Å²) in [6.07, 6.45) is 1.94. The van der Waals surface area contributed by atoms with E-state index in [9.17, 15) is 19.5 Å². The van der Waals surface area contributed by atoms with Crippen LogP contribution in [0.15, 0.2) is 42.5 Å². The highest BCUT2D eigenvalue weighted by atomic mass is 16.3. The second-order valence-corrected chi connectivity index (χ2v) is 10.6. The molecule has 2 atom stereocenters. The minimum absolute atomic E-state index is 0.00647. The predicted molar refractivity (Wildman–Crippen MR) is 140 cm³/mol. The summed E-state index contributed by atoms with van der Waals surface area (Å²) in [7, 11) is 0. The molecular weight excluding hydrogens is 468 g/mol. The lowest BCUT2D eigenvalue weighted by molar-refractivity contribution is -0.127. The molecule has 0 saturated carbocycles. The minimum atomic E-state index is -0.656. The smallest absolute Gasteiger partial charge is 0.254 e. The van der Waals surface area contributed by atoms with Crippen LogP contribution in [0.3, 0.4) is 0 Å². The molecule has 0 aliphatic carbocycles. The number of carbonyl (C=O) groups is 3. The average molecular weight is 505 g/mol. The van der Waals surface area contributed by atoms with Gasteiger partial charge in [0, 0.05) is 70.4 Å². The Bertz CT molecular complexity index is 1180. The fraction of sp³-hybridized carbons (Fsp3) is 0.483. The predicted octanol–water partition coefficient (Wildman–Crippen LogP) is 1.70. The Hall–Kier alpha value is -3.23. The highest BCUT2D eigenvalue weighted by Crippen LogP contribution is 2.24. The lowest BCUT2D eigenvalue weighted by Gasteiger charge is -2.31. The van der Waals surface area contributed by atoms with Gasteiger partial charge in [-0.05, 0) is 60.1 Å². The van der Waals surface area contributed by atoms with Gasteiger partial charge in [0.05, 0.1) is 6.10 Å². The van der Waals surface area contributed by atoms with Crippen LogP contribution in [-0.4, -0.2) is 89.4 Å². The molecule has 0 spiro atoms. The largest absolute Gasteiger partial charge is 0.390 e. The Morgan fingerprint density at radius 3 is 2.62 bits per heavy atom. The second-order valence-electron chi connectivity index (χ2n) is 10.6. The zero-order valence-electron chi connectivity index (χ0n) is 21.5. The molecule has 3 aliphatic heterocycles. The molecular formula is C29H36N4O4.